The lowest BCUT2D eigenvalue weighted by Crippen LogP contribution is -2.26. The molecule has 1 aromatic carbocycles. The second-order valence-corrected chi connectivity index (χ2v) is 4.47. The van der Waals surface area contributed by atoms with Crippen LogP contribution in [0.3, 0.4) is 0 Å². The van der Waals surface area contributed by atoms with Crippen molar-refractivity contribution in [3.05, 3.63) is 18.2 Å². The molecule has 2 heterocycles. The van der Waals surface area contributed by atoms with Gasteiger partial charge in [-0.1, -0.05) is 0 Å². The predicted octanol–water partition coefficient (Wildman–Crippen LogP) is 0.941. The van der Waals surface area contributed by atoms with Crippen molar-refractivity contribution >= 4 is 17.6 Å². The van der Waals surface area contributed by atoms with Gasteiger partial charge in [-0.05, 0) is 12.1 Å². The predicted molar refractivity (Wildman–Crippen MR) is 65.0 cm³/mol. The molecule has 0 aliphatic carbocycles. The monoisotopic (exact) mass is 263 g/mol. The van der Waals surface area contributed by atoms with Crippen molar-refractivity contribution < 1.29 is 23.8 Å². The molecule has 1 amide bonds. The van der Waals surface area contributed by atoms with Crippen LogP contribution in [-0.4, -0.2) is 32.3 Å². The van der Waals surface area contributed by atoms with E-state index in [1.54, 1.807) is 23.1 Å². The Morgan fingerprint density at radius 2 is 2.16 bits per heavy atom. The maximum atomic E-state index is 12.0. The Balaban J connectivity index is 1.83. The number of methoxy groups -OCH3 is 1. The van der Waals surface area contributed by atoms with E-state index in [1.807, 2.05) is 0 Å². The van der Waals surface area contributed by atoms with Crippen molar-refractivity contribution in [2.45, 2.75) is 6.42 Å². The number of ether oxygens (including phenoxy) is 3. The van der Waals surface area contributed by atoms with Crippen LogP contribution in [0.15, 0.2) is 18.2 Å². The molecule has 0 saturated carbocycles. The number of esters is 1. The average Bonchev–Trinajstić information content (AvgIpc) is 3.03. The molecule has 6 nitrogen and oxygen atoms in total. The zero-order chi connectivity index (χ0) is 13.4. The van der Waals surface area contributed by atoms with E-state index in [2.05, 4.69) is 4.74 Å². The van der Waals surface area contributed by atoms with Gasteiger partial charge >= 0.3 is 5.97 Å². The van der Waals surface area contributed by atoms with Gasteiger partial charge in [0.05, 0.1) is 13.0 Å². The van der Waals surface area contributed by atoms with E-state index in [1.165, 1.54) is 7.11 Å². The van der Waals surface area contributed by atoms with Crippen molar-refractivity contribution in [2.24, 2.45) is 5.92 Å². The number of carbonyl (C=O) groups excluding carboxylic acids is 2. The lowest BCUT2D eigenvalue weighted by molar-refractivity contribution is -0.145. The van der Waals surface area contributed by atoms with Gasteiger partial charge in [-0.25, -0.2) is 0 Å². The molecule has 0 N–H and O–H groups in total. The topological polar surface area (TPSA) is 65.1 Å². The Hall–Kier alpha value is -2.24. The quantitative estimate of drug-likeness (QED) is 0.743. The highest BCUT2D eigenvalue weighted by molar-refractivity contribution is 5.99. The first-order valence-corrected chi connectivity index (χ1v) is 5.97. The summed E-state index contributed by atoms with van der Waals surface area (Å²) in [5.74, 6) is 0.445. The Morgan fingerprint density at radius 3 is 2.95 bits per heavy atom. The number of rotatable bonds is 2. The van der Waals surface area contributed by atoms with E-state index >= 15 is 0 Å². The van der Waals surface area contributed by atoms with Crippen LogP contribution in [-0.2, 0) is 14.3 Å². The summed E-state index contributed by atoms with van der Waals surface area (Å²) >= 11 is 0. The van der Waals surface area contributed by atoms with Gasteiger partial charge in [0.1, 0.15) is 0 Å². The van der Waals surface area contributed by atoms with Gasteiger partial charge in [0, 0.05) is 24.7 Å². The summed E-state index contributed by atoms with van der Waals surface area (Å²) in [4.78, 5) is 25.0. The third-order valence-corrected chi connectivity index (χ3v) is 3.33. The first kappa shape index (κ1) is 11.8. The Morgan fingerprint density at radius 1 is 1.37 bits per heavy atom. The maximum absolute atomic E-state index is 12.0. The number of hydrogen-bond donors (Lipinski definition) is 0. The van der Waals surface area contributed by atoms with Crippen molar-refractivity contribution in [1.82, 2.24) is 0 Å². The van der Waals surface area contributed by atoms with Crippen molar-refractivity contribution in [3.63, 3.8) is 0 Å². The van der Waals surface area contributed by atoms with E-state index in [0.29, 0.717) is 23.7 Å². The highest BCUT2D eigenvalue weighted by Crippen LogP contribution is 2.37. The smallest absolute Gasteiger partial charge is 0.311 e. The summed E-state index contributed by atoms with van der Waals surface area (Å²) in [6.07, 6.45) is 0.182. The minimum atomic E-state index is -0.400. The van der Waals surface area contributed by atoms with Gasteiger partial charge in [-0.15, -0.1) is 0 Å². The molecule has 19 heavy (non-hydrogen) atoms. The Labute approximate surface area is 109 Å². The molecule has 0 bridgehead atoms. The minimum absolute atomic E-state index is 0.0886. The number of benzene rings is 1. The fraction of sp³-hybridized carbons (Fsp3) is 0.385. The van der Waals surface area contributed by atoms with Crippen LogP contribution in [0.1, 0.15) is 6.42 Å². The molecule has 0 spiro atoms. The number of anilines is 1. The van der Waals surface area contributed by atoms with Crippen molar-refractivity contribution in [3.8, 4) is 11.5 Å². The molecule has 2 aliphatic rings. The lowest BCUT2D eigenvalue weighted by atomic mass is 10.1. The molecular weight excluding hydrogens is 250 g/mol. The third-order valence-electron chi connectivity index (χ3n) is 3.33. The molecule has 1 unspecified atom stereocenters. The highest BCUT2D eigenvalue weighted by Gasteiger charge is 2.36. The third kappa shape index (κ3) is 1.99. The number of hydrogen-bond acceptors (Lipinski definition) is 5. The van der Waals surface area contributed by atoms with Crippen LogP contribution in [0, 0.1) is 5.92 Å². The summed E-state index contributed by atoms with van der Waals surface area (Å²) in [5.41, 5.74) is 0.709. The van der Waals surface area contributed by atoms with Crippen LogP contribution in [0.25, 0.3) is 0 Å². The first-order valence-electron chi connectivity index (χ1n) is 5.97. The Bertz CT molecular complexity index is 542. The van der Waals surface area contributed by atoms with E-state index in [-0.39, 0.29) is 25.1 Å². The van der Waals surface area contributed by atoms with Crippen LogP contribution in [0.5, 0.6) is 11.5 Å². The molecular formula is C13H13NO5. The van der Waals surface area contributed by atoms with Crippen molar-refractivity contribution in [1.29, 1.82) is 0 Å². The van der Waals surface area contributed by atoms with E-state index in [4.69, 9.17) is 9.47 Å². The number of nitrogens with zero attached hydrogens (tertiary/aromatic N) is 1. The number of fused-ring (bicyclic) bond motifs is 1. The molecule has 3 rings (SSSR count). The van der Waals surface area contributed by atoms with Gasteiger partial charge in [-0.2, -0.15) is 0 Å². The minimum Gasteiger partial charge on any atom is -0.469 e. The normalized spacial score (nSPS) is 20.8. The molecule has 100 valence electrons. The summed E-state index contributed by atoms with van der Waals surface area (Å²) in [5, 5.41) is 0. The molecule has 1 atom stereocenters. The van der Waals surface area contributed by atoms with Crippen LogP contribution in [0.2, 0.25) is 0 Å². The first-order chi connectivity index (χ1) is 9.19. The second-order valence-electron chi connectivity index (χ2n) is 4.47. The molecule has 1 aromatic rings. The van der Waals surface area contributed by atoms with Gasteiger partial charge in [0.2, 0.25) is 12.7 Å². The van der Waals surface area contributed by atoms with Gasteiger partial charge in [-0.3, -0.25) is 9.59 Å². The van der Waals surface area contributed by atoms with Crippen molar-refractivity contribution in [2.75, 3.05) is 25.3 Å². The standard InChI is InChI=1S/C13H13NO5/c1-17-13(16)8-4-12(15)14(6-8)9-2-3-10-11(5-9)19-7-18-10/h2-3,5,8H,4,6-7H2,1H3. The van der Waals surface area contributed by atoms with Crippen LogP contribution < -0.4 is 14.4 Å². The van der Waals surface area contributed by atoms with Gasteiger partial charge in [0.25, 0.3) is 0 Å². The summed E-state index contributed by atoms with van der Waals surface area (Å²) < 4.78 is 15.2. The second kappa shape index (κ2) is 4.46. The number of amides is 1. The Kier molecular flexibility index (Phi) is 2.77. The zero-order valence-electron chi connectivity index (χ0n) is 10.4. The summed E-state index contributed by atoms with van der Waals surface area (Å²) in [6, 6.07) is 5.29. The molecule has 0 radical (unpaired) electrons. The summed E-state index contributed by atoms with van der Waals surface area (Å²) in [6.45, 7) is 0.530. The molecule has 1 fully saturated rings. The van der Waals surface area contributed by atoms with Gasteiger partial charge in [0.15, 0.2) is 11.5 Å². The molecule has 0 aromatic heterocycles. The average molecular weight is 263 g/mol. The maximum Gasteiger partial charge on any atom is 0.311 e. The van der Waals surface area contributed by atoms with Crippen LogP contribution >= 0.6 is 0 Å². The molecule has 6 heteroatoms. The van der Waals surface area contributed by atoms with E-state index in [9.17, 15) is 9.59 Å². The number of carbonyl (C=O) groups is 2. The molecule has 1 saturated heterocycles. The fourth-order valence-corrected chi connectivity index (χ4v) is 2.33. The van der Waals surface area contributed by atoms with E-state index in [0.717, 1.165) is 0 Å². The fourth-order valence-electron chi connectivity index (χ4n) is 2.33. The zero-order valence-corrected chi connectivity index (χ0v) is 10.4. The molecule has 2 aliphatic heterocycles. The highest BCUT2D eigenvalue weighted by atomic mass is 16.7. The lowest BCUT2D eigenvalue weighted by Gasteiger charge is -2.16. The SMILES string of the molecule is COC(=O)C1CC(=O)N(c2ccc3c(c2)OCO3)C1. The van der Waals surface area contributed by atoms with Crippen LogP contribution in [0.4, 0.5) is 5.69 Å². The van der Waals surface area contributed by atoms with E-state index < -0.39 is 5.92 Å². The summed E-state index contributed by atoms with van der Waals surface area (Å²) in [7, 11) is 1.33. The van der Waals surface area contributed by atoms with Gasteiger partial charge < -0.3 is 19.1 Å². The largest absolute Gasteiger partial charge is 0.469 e.